The minimum atomic E-state index is -3.25. The molecule has 0 bridgehead atoms. The van der Waals surface area contributed by atoms with Crippen LogP contribution in [0.15, 0.2) is 30.3 Å². The molecule has 4 N–H and O–H groups in total. The molecule has 0 aliphatic rings. The Hall–Kier alpha value is -0.770. The minimum absolute atomic E-state index is 0.00786. The molecule has 1 amide bonds. The number of hydrogen-bond acceptors (Lipinski definition) is 6. The monoisotopic (exact) mass is 404 g/mol. The molecule has 1 aromatic rings. The number of aliphatic hydroxyl groups is 1. The molecule has 0 aromatic heterocycles. The lowest BCUT2D eigenvalue weighted by molar-refractivity contribution is -0.122. The summed E-state index contributed by atoms with van der Waals surface area (Å²) in [5.74, 6) is 0.0446. The molecule has 1 rings (SSSR count). The normalized spacial score (nSPS) is 15.1. The van der Waals surface area contributed by atoms with Gasteiger partial charge in [-0.2, -0.15) is 4.31 Å². The summed E-state index contributed by atoms with van der Waals surface area (Å²) in [6.07, 6.45) is 0.596. The predicted molar refractivity (Wildman–Crippen MR) is 111 cm³/mol. The first-order valence-corrected chi connectivity index (χ1v) is 11.5. The van der Waals surface area contributed by atoms with Gasteiger partial charge in [0.1, 0.15) is 0 Å². The summed E-state index contributed by atoms with van der Waals surface area (Å²) in [5, 5.41) is 13.6. The predicted octanol–water partition coefficient (Wildman–Crippen LogP) is 3.34. The maximum absolute atomic E-state index is 12.1. The molecular weight excluding hydrogens is 372 g/mol. The summed E-state index contributed by atoms with van der Waals surface area (Å²) in [6.45, 7) is 6.20. The summed E-state index contributed by atoms with van der Waals surface area (Å²) >= 11 is 3.89. The average Bonchev–Trinajstić information content (AvgIpc) is 2.53. The lowest BCUT2D eigenvalue weighted by atomic mass is 10.0. The van der Waals surface area contributed by atoms with Crippen LogP contribution in [0.5, 0.6) is 0 Å². The van der Waals surface area contributed by atoms with Crippen molar-refractivity contribution in [2.45, 2.75) is 52.2 Å². The number of hydrogen-bond donors (Lipinski definition) is 5. The minimum Gasteiger partial charge on any atom is -0.390 e. The van der Waals surface area contributed by atoms with E-state index in [0.717, 1.165) is 12.0 Å². The average molecular weight is 405 g/mol. The molecule has 0 aliphatic carbocycles. The van der Waals surface area contributed by atoms with E-state index in [-0.39, 0.29) is 18.4 Å². The van der Waals surface area contributed by atoms with Crippen LogP contribution >= 0.6 is 21.5 Å². The SMILES string of the molecule is CCCC(=O)NC(Cc1ccccc1)C(O)CN(CC(C)C)S(O)(O)S. The van der Waals surface area contributed by atoms with Crippen LogP contribution in [0.25, 0.3) is 0 Å². The largest absolute Gasteiger partial charge is 0.390 e. The zero-order chi connectivity index (χ0) is 19.7. The lowest BCUT2D eigenvalue weighted by Crippen LogP contribution is -2.50. The highest BCUT2D eigenvalue weighted by atomic mass is 33.2. The number of aliphatic hydroxyl groups excluding tert-OH is 1. The van der Waals surface area contributed by atoms with Gasteiger partial charge >= 0.3 is 0 Å². The van der Waals surface area contributed by atoms with Crippen molar-refractivity contribution in [1.82, 2.24) is 9.62 Å². The molecule has 1 aromatic carbocycles. The highest BCUT2D eigenvalue weighted by molar-refractivity contribution is 8.81. The third-order valence-corrected chi connectivity index (χ3v) is 5.58. The summed E-state index contributed by atoms with van der Waals surface area (Å²) < 4.78 is 21.3. The molecule has 0 heterocycles. The maximum atomic E-state index is 12.1. The van der Waals surface area contributed by atoms with Crippen LogP contribution in [0, 0.1) is 5.92 Å². The van der Waals surface area contributed by atoms with E-state index in [9.17, 15) is 19.0 Å². The number of rotatable bonds is 11. The molecule has 2 unspecified atom stereocenters. The summed E-state index contributed by atoms with van der Waals surface area (Å²) in [4.78, 5) is 12.1. The van der Waals surface area contributed by atoms with Crippen molar-refractivity contribution in [3.8, 4) is 0 Å². The van der Waals surface area contributed by atoms with Crippen LogP contribution in [-0.4, -0.2) is 49.7 Å². The van der Waals surface area contributed by atoms with Crippen molar-refractivity contribution >= 4 is 27.4 Å². The Morgan fingerprint density at radius 3 is 2.35 bits per heavy atom. The molecule has 26 heavy (non-hydrogen) atoms. The molecule has 0 radical (unpaired) electrons. The van der Waals surface area contributed by atoms with Gasteiger partial charge in [0, 0.05) is 19.5 Å². The van der Waals surface area contributed by atoms with Crippen LogP contribution in [0.2, 0.25) is 0 Å². The molecular formula is C18H32N2O4S2. The highest BCUT2D eigenvalue weighted by Gasteiger charge is 2.28. The van der Waals surface area contributed by atoms with E-state index < -0.39 is 22.0 Å². The van der Waals surface area contributed by atoms with Crippen molar-refractivity contribution in [3.05, 3.63) is 35.9 Å². The van der Waals surface area contributed by atoms with Gasteiger partial charge in [-0.05, 0) is 36.0 Å². The third-order valence-electron chi connectivity index (χ3n) is 3.89. The van der Waals surface area contributed by atoms with Gasteiger partial charge in [-0.3, -0.25) is 13.9 Å². The molecule has 0 fully saturated rings. The number of nitrogens with one attached hydrogen (secondary N) is 1. The zero-order valence-corrected chi connectivity index (χ0v) is 17.4. The Balaban J connectivity index is 2.90. The van der Waals surface area contributed by atoms with Gasteiger partial charge < -0.3 is 10.4 Å². The number of thiol groups is 1. The fourth-order valence-electron chi connectivity index (χ4n) is 2.67. The Kier molecular flexibility index (Phi) is 9.99. The van der Waals surface area contributed by atoms with E-state index in [2.05, 4.69) is 17.0 Å². The highest BCUT2D eigenvalue weighted by Crippen LogP contribution is 2.48. The fraction of sp³-hybridized carbons (Fsp3) is 0.611. The molecule has 6 nitrogen and oxygen atoms in total. The van der Waals surface area contributed by atoms with Crippen molar-refractivity contribution < 1.29 is 19.0 Å². The first-order valence-electron chi connectivity index (χ1n) is 8.90. The zero-order valence-electron chi connectivity index (χ0n) is 15.7. The summed E-state index contributed by atoms with van der Waals surface area (Å²) in [5.41, 5.74) is 0.987. The standard InChI is InChI=1S/C18H32N2O4S2/c1-4-8-18(22)19-16(11-15-9-6-5-7-10-15)17(21)13-20(12-14(2)3)26(23,24)25/h5-7,9-10,14,16-17,21,23-25H,4,8,11-13H2,1-3H3,(H,19,22). The second-order valence-electron chi connectivity index (χ2n) is 6.91. The van der Waals surface area contributed by atoms with Crippen molar-refractivity contribution in [2.75, 3.05) is 13.1 Å². The van der Waals surface area contributed by atoms with Gasteiger partial charge in [0.25, 0.3) is 0 Å². The topological polar surface area (TPSA) is 93.0 Å². The van der Waals surface area contributed by atoms with Gasteiger partial charge in [0.2, 0.25) is 5.91 Å². The van der Waals surface area contributed by atoms with E-state index in [4.69, 9.17) is 0 Å². The lowest BCUT2D eigenvalue weighted by Gasteiger charge is -2.41. The third kappa shape index (κ3) is 8.75. The molecule has 2 atom stereocenters. The van der Waals surface area contributed by atoms with Gasteiger partial charge in [-0.25, -0.2) is 0 Å². The fourth-order valence-corrected chi connectivity index (χ4v) is 3.93. The number of carbonyl (C=O) groups excluding carboxylic acids is 1. The molecule has 0 saturated heterocycles. The van der Waals surface area contributed by atoms with Gasteiger partial charge in [-0.1, -0.05) is 60.9 Å². The van der Waals surface area contributed by atoms with Crippen LogP contribution in [0.4, 0.5) is 0 Å². The second-order valence-corrected chi connectivity index (χ2v) is 9.88. The van der Waals surface area contributed by atoms with Gasteiger partial charge in [0.05, 0.1) is 12.1 Å². The number of amides is 1. The number of carbonyl (C=O) groups is 1. The Labute approximate surface area is 163 Å². The van der Waals surface area contributed by atoms with Crippen molar-refractivity contribution in [1.29, 1.82) is 0 Å². The van der Waals surface area contributed by atoms with Crippen LogP contribution in [0.3, 0.4) is 0 Å². The molecule has 8 heteroatoms. The Bertz CT molecular complexity index is 538. The van der Waals surface area contributed by atoms with Crippen molar-refractivity contribution in [3.63, 3.8) is 0 Å². The maximum Gasteiger partial charge on any atom is 0.220 e. The molecule has 0 spiro atoms. The second kappa shape index (κ2) is 11.2. The Morgan fingerprint density at radius 2 is 1.85 bits per heavy atom. The quantitative estimate of drug-likeness (QED) is 0.288. The molecule has 150 valence electrons. The van der Waals surface area contributed by atoms with E-state index in [0.29, 0.717) is 19.4 Å². The number of nitrogens with zero attached hydrogens (tertiary/aromatic N) is 1. The number of benzene rings is 1. The van der Waals surface area contributed by atoms with E-state index in [1.807, 2.05) is 51.1 Å². The molecule has 0 aliphatic heterocycles. The smallest absolute Gasteiger partial charge is 0.220 e. The van der Waals surface area contributed by atoms with Gasteiger partial charge in [-0.15, -0.1) is 0 Å². The van der Waals surface area contributed by atoms with Crippen molar-refractivity contribution in [2.24, 2.45) is 5.92 Å². The molecule has 0 saturated carbocycles. The first-order chi connectivity index (χ1) is 12.1. The summed E-state index contributed by atoms with van der Waals surface area (Å²) in [6, 6.07) is 9.06. The van der Waals surface area contributed by atoms with Crippen LogP contribution in [0.1, 0.15) is 39.2 Å². The van der Waals surface area contributed by atoms with Crippen LogP contribution in [-0.2, 0) is 11.2 Å². The van der Waals surface area contributed by atoms with E-state index in [1.54, 1.807) is 0 Å². The Morgan fingerprint density at radius 1 is 1.23 bits per heavy atom. The van der Waals surface area contributed by atoms with E-state index >= 15 is 0 Å². The first kappa shape index (κ1) is 23.3. The van der Waals surface area contributed by atoms with Gasteiger partial charge in [0.15, 0.2) is 0 Å². The van der Waals surface area contributed by atoms with E-state index in [1.165, 1.54) is 4.31 Å². The van der Waals surface area contributed by atoms with Crippen LogP contribution < -0.4 is 5.32 Å². The summed E-state index contributed by atoms with van der Waals surface area (Å²) in [7, 11) is -3.25.